The van der Waals surface area contributed by atoms with Crippen LogP contribution in [0.2, 0.25) is 0 Å². The molecular weight excluding hydrogens is 190 g/mol. The normalized spacial score (nSPS) is 10.6. The minimum absolute atomic E-state index is 0.160. The summed E-state index contributed by atoms with van der Waals surface area (Å²) in [5.74, 6) is 1.10. The molecule has 0 radical (unpaired) electrons. The first kappa shape index (κ1) is 9.93. The van der Waals surface area contributed by atoms with Gasteiger partial charge in [0.25, 0.3) is 0 Å². The standard InChI is InChI=1S/C12H13NO2/c1-8-3-5-10(6-4-8)12-9(2)13-11(7-14)15-12/h3-6,14H,7H2,1-2H3. The Hall–Kier alpha value is -1.61. The molecule has 0 atom stereocenters. The lowest BCUT2D eigenvalue weighted by Crippen LogP contribution is -1.80. The van der Waals surface area contributed by atoms with E-state index in [0.29, 0.717) is 5.89 Å². The lowest BCUT2D eigenvalue weighted by Gasteiger charge is -1.98. The van der Waals surface area contributed by atoms with E-state index in [9.17, 15) is 0 Å². The highest BCUT2D eigenvalue weighted by molar-refractivity contribution is 5.59. The number of nitrogens with zero attached hydrogens (tertiary/aromatic N) is 1. The summed E-state index contributed by atoms with van der Waals surface area (Å²) >= 11 is 0. The third-order valence-electron chi connectivity index (χ3n) is 2.29. The first-order valence-electron chi connectivity index (χ1n) is 4.85. The van der Waals surface area contributed by atoms with Crippen LogP contribution in [0, 0.1) is 13.8 Å². The molecule has 0 aliphatic carbocycles. The Morgan fingerprint density at radius 1 is 1.20 bits per heavy atom. The first-order chi connectivity index (χ1) is 7.20. The lowest BCUT2D eigenvalue weighted by atomic mass is 10.1. The van der Waals surface area contributed by atoms with Gasteiger partial charge in [0.15, 0.2) is 5.76 Å². The molecular formula is C12H13NO2. The van der Waals surface area contributed by atoms with Crippen molar-refractivity contribution in [1.29, 1.82) is 0 Å². The maximum absolute atomic E-state index is 8.91. The Balaban J connectivity index is 2.44. The van der Waals surface area contributed by atoms with Crippen molar-refractivity contribution in [3.05, 3.63) is 41.4 Å². The fraction of sp³-hybridized carbons (Fsp3) is 0.250. The number of rotatable bonds is 2. The predicted octanol–water partition coefficient (Wildman–Crippen LogP) is 2.45. The van der Waals surface area contributed by atoms with Crippen LogP contribution >= 0.6 is 0 Å². The molecule has 3 heteroatoms. The van der Waals surface area contributed by atoms with Gasteiger partial charge in [-0.1, -0.05) is 29.8 Å². The molecule has 78 valence electrons. The molecule has 0 saturated carbocycles. The SMILES string of the molecule is Cc1ccc(-c2oc(CO)nc2C)cc1. The molecule has 0 aliphatic rings. The van der Waals surface area contributed by atoms with Crippen molar-refractivity contribution in [2.75, 3.05) is 0 Å². The summed E-state index contributed by atoms with van der Waals surface area (Å²) in [7, 11) is 0. The second-order valence-corrected chi connectivity index (χ2v) is 3.55. The molecule has 2 aromatic rings. The molecule has 0 aliphatic heterocycles. The van der Waals surface area contributed by atoms with Crippen molar-refractivity contribution < 1.29 is 9.52 Å². The molecule has 1 aromatic heterocycles. The molecule has 3 nitrogen and oxygen atoms in total. The second-order valence-electron chi connectivity index (χ2n) is 3.55. The van der Waals surface area contributed by atoms with Gasteiger partial charge in [-0.05, 0) is 13.8 Å². The highest BCUT2D eigenvalue weighted by atomic mass is 16.4. The van der Waals surface area contributed by atoms with Crippen LogP contribution in [0.4, 0.5) is 0 Å². The van der Waals surface area contributed by atoms with Crippen LogP contribution in [-0.2, 0) is 6.61 Å². The predicted molar refractivity (Wildman–Crippen MR) is 57.3 cm³/mol. The molecule has 0 amide bonds. The van der Waals surface area contributed by atoms with E-state index >= 15 is 0 Å². The molecule has 2 rings (SSSR count). The zero-order valence-corrected chi connectivity index (χ0v) is 8.82. The number of aliphatic hydroxyl groups is 1. The van der Waals surface area contributed by atoms with E-state index in [1.54, 1.807) is 0 Å². The average Bonchev–Trinajstić information content (AvgIpc) is 2.61. The van der Waals surface area contributed by atoms with E-state index in [0.717, 1.165) is 17.0 Å². The topological polar surface area (TPSA) is 46.3 Å². The monoisotopic (exact) mass is 203 g/mol. The Morgan fingerprint density at radius 2 is 1.87 bits per heavy atom. The van der Waals surface area contributed by atoms with Gasteiger partial charge < -0.3 is 9.52 Å². The molecule has 0 spiro atoms. The molecule has 1 heterocycles. The van der Waals surface area contributed by atoms with Gasteiger partial charge in [-0.15, -0.1) is 0 Å². The van der Waals surface area contributed by atoms with E-state index < -0.39 is 0 Å². The van der Waals surface area contributed by atoms with Crippen LogP contribution < -0.4 is 0 Å². The molecule has 1 N–H and O–H groups in total. The largest absolute Gasteiger partial charge is 0.438 e. The first-order valence-corrected chi connectivity index (χ1v) is 4.85. The number of hydrogen-bond acceptors (Lipinski definition) is 3. The Morgan fingerprint density at radius 3 is 2.40 bits per heavy atom. The summed E-state index contributed by atoms with van der Waals surface area (Å²) in [6.07, 6.45) is 0. The van der Waals surface area contributed by atoms with E-state index in [1.807, 2.05) is 38.1 Å². The van der Waals surface area contributed by atoms with Crippen molar-refractivity contribution in [2.45, 2.75) is 20.5 Å². The van der Waals surface area contributed by atoms with E-state index in [4.69, 9.17) is 9.52 Å². The van der Waals surface area contributed by atoms with Crippen molar-refractivity contribution in [3.8, 4) is 11.3 Å². The van der Waals surface area contributed by atoms with Gasteiger partial charge in [0.05, 0.1) is 5.69 Å². The third kappa shape index (κ3) is 1.92. The summed E-state index contributed by atoms with van der Waals surface area (Å²) in [6.45, 7) is 3.75. The van der Waals surface area contributed by atoms with Crippen molar-refractivity contribution in [3.63, 3.8) is 0 Å². The Bertz CT molecular complexity index is 457. The van der Waals surface area contributed by atoms with E-state index in [-0.39, 0.29) is 6.61 Å². The van der Waals surface area contributed by atoms with E-state index in [1.165, 1.54) is 5.56 Å². The summed E-state index contributed by atoms with van der Waals surface area (Å²) in [5, 5.41) is 8.91. The van der Waals surface area contributed by atoms with E-state index in [2.05, 4.69) is 4.98 Å². The quantitative estimate of drug-likeness (QED) is 0.815. The number of aryl methyl sites for hydroxylation is 2. The Kier molecular flexibility index (Phi) is 2.56. The highest BCUT2D eigenvalue weighted by Crippen LogP contribution is 2.24. The molecule has 0 unspecified atom stereocenters. The van der Waals surface area contributed by atoms with Crippen LogP contribution in [0.5, 0.6) is 0 Å². The maximum atomic E-state index is 8.91. The van der Waals surface area contributed by atoms with Crippen LogP contribution in [-0.4, -0.2) is 10.1 Å². The number of benzene rings is 1. The van der Waals surface area contributed by atoms with Gasteiger partial charge in [0, 0.05) is 5.56 Å². The number of hydrogen-bond donors (Lipinski definition) is 1. The van der Waals surface area contributed by atoms with Crippen LogP contribution in [0.15, 0.2) is 28.7 Å². The zero-order chi connectivity index (χ0) is 10.8. The third-order valence-corrected chi connectivity index (χ3v) is 2.29. The van der Waals surface area contributed by atoms with Crippen molar-refractivity contribution in [2.24, 2.45) is 0 Å². The van der Waals surface area contributed by atoms with Crippen LogP contribution in [0.3, 0.4) is 0 Å². The molecule has 1 aromatic carbocycles. The maximum Gasteiger partial charge on any atom is 0.220 e. The lowest BCUT2D eigenvalue weighted by molar-refractivity contribution is 0.241. The fourth-order valence-corrected chi connectivity index (χ4v) is 1.49. The number of aromatic nitrogens is 1. The smallest absolute Gasteiger partial charge is 0.220 e. The minimum Gasteiger partial charge on any atom is -0.438 e. The van der Waals surface area contributed by atoms with Gasteiger partial charge in [-0.2, -0.15) is 0 Å². The minimum atomic E-state index is -0.160. The van der Waals surface area contributed by atoms with Crippen molar-refractivity contribution >= 4 is 0 Å². The van der Waals surface area contributed by atoms with Crippen LogP contribution in [0.25, 0.3) is 11.3 Å². The number of oxazole rings is 1. The molecule has 0 saturated heterocycles. The molecule has 15 heavy (non-hydrogen) atoms. The summed E-state index contributed by atoms with van der Waals surface area (Å²) in [6, 6.07) is 8.03. The average molecular weight is 203 g/mol. The van der Waals surface area contributed by atoms with Gasteiger partial charge in [0.1, 0.15) is 6.61 Å². The fourth-order valence-electron chi connectivity index (χ4n) is 1.49. The highest BCUT2D eigenvalue weighted by Gasteiger charge is 2.10. The summed E-state index contributed by atoms with van der Waals surface area (Å²) in [5.41, 5.74) is 3.01. The molecule has 0 bridgehead atoms. The summed E-state index contributed by atoms with van der Waals surface area (Å²) in [4.78, 5) is 4.11. The van der Waals surface area contributed by atoms with Gasteiger partial charge in [-0.25, -0.2) is 4.98 Å². The zero-order valence-electron chi connectivity index (χ0n) is 8.82. The summed E-state index contributed by atoms with van der Waals surface area (Å²) < 4.78 is 5.43. The Labute approximate surface area is 88.4 Å². The van der Waals surface area contributed by atoms with Crippen molar-refractivity contribution in [1.82, 2.24) is 4.98 Å². The van der Waals surface area contributed by atoms with Crippen LogP contribution in [0.1, 0.15) is 17.1 Å². The van der Waals surface area contributed by atoms with Gasteiger partial charge in [-0.3, -0.25) is 0 Å². The number of aliphatic hydroxyl groups excluding tert-OH is 1. The molecule has 0 fully saturated rings. The second kappa shape index (κ2) is 3.87. The van der Waals surface area contributed by atoms with Gasteiger partial charge >= 0.3 is 0 Å². The van der Waals surface area contributed by atoms with Gasteiger partial charge in [0.2, 0.25) is 5.89 Å².